The maximum Gasteiger partial charge on any atom is 0.163 e. The van der Waals surface area contributed by atoms with Crippen LogP contribution in [0.4, 0.5) is 0 Å². The molecular weight excluding hydrogens is 332 g/mol. The highest BCUT2D eigenvalue weighted by molar-refractivity contribution is 5.52. The number of aliphatic hydroxyl groups is 1. The Kier molecular flexibility index (Phi) is 5.01. The van der Waals surface area contributed by atoms with E-state index in [2.05, 4.69) is 9.88 Å². The minimum Gasteiger partial charge on any atom is -0.487 e. The molecule has 0 spiro atoms. The van der Waals surface area contributed by atoms with Gasteiger partial charge in [0.25, 0.3) is 0 Å². The molecule has 1 N–H and O–H groups in total. The van der Waals surface area contributed by atoms with Gasteiger partial charge in [-0.25, -0.2) is 0 Å². The molecule has 0 amide bonds. The Bertz CT molecular complexity index is 642. The second kappa shape index (κ2) is 7.27. The molecule has 142 valence electrons. The molecule has 0 aliphatic carbocycles. The Morgan fingerprint density at radius 2 is 2.08 bits per heavy atom. The van der Waals surface area contributed by atoms with Gasteiger partial charge in [-0.15, -0.1) is 0 Å². The molecule has 1 aromatic heterocycles. The Morgan fingerprint density at radius 3 is 2.73 bits per heavy atom. The topological polar surface area (TPSA) is 64.1 Å². The summed E-state index contributed by atoms with van der Waals surface area (Å²) in [5.74, 6) is 0.162. The highest BCUT2D eigenvalue weighted by Crippen LogP contribution is 2.37. The number of likely N-dealkylation sites (tertiary alicyclic amines) is 1. The van der Waals surface area contributed by atoms with Crippen LogP contribution in [0.5, 0.6) is 0 Å². The van der Waals surface area contributed by atoms with Gasteiger partial charge in [-0.1, -0.05) is 12.5 Å². The third-order valence-electron chi connectivity index (χ3n) is 5.40. The predicted molar refractivity (Wildman–Crippen MR) is 97.2 cm³/mol. The number of ether oxygens (including phenoxy) is 3. The highest BCUT2D eigenvalue weighted by atomic mass is 16.8. The van der Waals surface area contributed by atoms with Crippen LogP contribution in [0.25, 0.3) is 6.08 Å². The second-order valence-corrected chi connectivity index (χ2v) is 7.81. The van der Waals surface area contributed by atoms with Gasteiger partial charge in [-0.2, -0.15) is 0 Å². The van der Waals surface area contributed by atoms with E-state index in [1.807, 2.05) is 38.3 Å². The molecule has 26 heavy (non-hydrogen) atoms. The van der Waals surface area contributed by atoms with Crippen LogP contribution in [0.2, 0.25) is 0 Å². The lowest BCUT2D eigenvalue weighted by Gasteiger charge is -2.33. The molecule has 3 aliphatic rings. The summed E-state index contributed by atoms with van der Waals surface area (Å²) in [5, 5.41) is 11.1. The van der Waals surface area contributed by atoms with Crippen molar-refractivity contribution in [1.29, 1.82) is 0 Å². The fourth-order valence-corrected chi connectivity index (χ4v) is 4.16. The van der Waals surface area contributed by atoms with Crippen LogP contribution >= 0.6 is 0 Å². The van der Waals surface area contributed by atoms with Gasteiger partial charge >= 0.3 is 0 Å². The summed E-state index contributed by atoms with van der Waals surface area (Å²) in [6, 6.07) is 3.75. The van der Waals surface area contributed by atoms with E-state index in [1.54, 1.807) is 6.20 Å². The zero-order valence-corrected chi connectivity index (χ0v) is 15.5. The Balaban J connectivity index is 1.60. The van der Waals surface area contributed by atoms with E-state index < -0.39 is 18.0 Å². The molecule has 4 heterocycles. The van der Waals surface area contributed by atoms with Crippen molar-refractivity contribution in [2.24, 2.45) is 0 Å². The predicted octanol–water partition coefficient (Wildman–Crippen LogP) is 2.19. The van der Waals surface area contributed by atoms with Gasteiger partial charge in [0.1, 0.15) is 18.0 Å². The van der Waals surface area contributed by atoms with Gasteiger partial charge in [0, 0.05) is 12.4 Å². The average Bonchev–Trinajstić information content (AvgIpc) is 3.16. The van der Waals surface area contributed by atoms with Crippen molar-refractivity contribution in [3.05, 3.63) is 35.8 Å². The SMILES string of the molecule is CC1(C)OC[C@H]([C@H]2O/C(=C\c3cccnc3)[C@H](N3CCCCC3)[C@H]2O)O1. The zero-order chi connectivity index (χ0) is 18.1. The van der Waals surface area contributed by atoms with Crippen LogP contribution in [-0.2, 0) is 14.2 Å². The van der Waals surface area contributed by atoms with Crippen LogP contribution in [0.1, 0.15) is 38.7 Å². The second-order valence-electron chi connectivity index (χ2n) is 7.81. The third-order valence-corrected chi connectivity index (χ3v) is 5.40. The fourth-order valence-electron chi connectivity index (χ4n) is 4.16. The average molecular weight is 360 g/mol. The monoisotopic (exact) mass is 360 g/mol. The first-order valence-corrected chi connectivity index (χ1v) is 9.56. The number of hydrogen-bond acceptors (Lipinski definition) is 6. The minimum absolute atomic E-state index is 0.146. The first-order chi connectivity index (χ1) is 12.5. The standard InChI is InChI=1S/C20H28N2O4/c1-20(2)24-13-16(26-20)19-18(23)17(22-9-4-3-5-10-22)15(25-19)11-14-7-6-8-21-12-14/h6-8,11-12,16-19,23H,3-5,9-10,13H2,1-2H3/b15-11-/t16-,17+,18-,19-/m1/s1. The fraction of sp³-hybridized carbons (Fsp3) is 0.650. The number of hydrogen-bond donors (Lipinski definition) is 1. The third kappa shape index (κ3) is 3.64. The molecular formula is C20H28N2O4. The number of aromatic nitrogens is 1. The molecule has 3 fully saturated rings. The van der Waals surface area contributed by atoms with E-state index in [0.717, 1.165) is 37.3 Å². The lowest BCUT2D eigenvalue weighted by Crippen LogP contribution is -2.49. The molecule has 4 atom stereocenters. The lowest BCUT2D eigenvalue weighted by atomic mass is 9.99. The summed E-state index contributed by atoms with van der Waals surface area (Å²) in [6.07, 6.45) is 7.78. The number of piperidine rings is 1. The van der Waals surface area contributed by atoms with E-state index in [1.165, 1.54) is 6.42 Å². The smallest absolute Gasteiger partial charge is 0.163 e. The lowest BCUT2D eigenvalue weighted by molar-refractivity contribution is -0.156. The number of nitrogens with zero attached hydrogens (tertiary/aromatic N) is 2. The first kappa shape index (κ1) is 17.9. The van der Waals surface area contributed by atoms with Gasteiger partial charge in [0.05, 0.1) is 12.6 Å². The van der Waals surface area contributed by atoms with Crippen molar-refractivity contribution in [3.8, 4) is 0 Å². The zero-order valence-electron chi connectivity index (χ0n) is 15.5. The normalized spacial score (nSPS) is 36.3. The van der Waals surface area contributed by atoms with Crippen molar-refractivity contribution in [2.45, 2.75) is 63.3 Å². The van der Waals surface area contributed by atoms with Crippen molar-refractivity contribution >= 4 is 6.08 Å². The molecule has 3 aliphatic heterocycles. The van der Waals surface area contributed by atoms with Gasteiger partial charge in [-0.3, -0.25) is 9.88 Å². The van der Waals surface area contributed by atoms with Crippen LogP contribution in [0.3, 0.4) is 0 Å². The number of pyridine rings is 1. The van der Waals surface area contributed by atoms with E-state index in [4.69, 9.17) is 14.2 Å². The van der Waals surface area contributed by atoms with Crippen LogP contribution in [0, 0.1) is 0 Å². The molecule has 1 aromatic rings. The molecule has 0 aromatic carbocycles. The summed E-state index contributed by atoms with van der Waals surface area (Å²) in [7, 11) is 0. The van der Waals surface area contributed by atoms with Crippen LogP contribution < -0.4 is 0 Å². The largest absolute Gasteiger partial charge is 0.487 e. The summed E-state index contributed by atoms with van der Waals surface area (Å²) >= 11 is 0. The number of rotatable bonds is 3. The maximum atomic E-state index is 11.1. The molecule has 0 radical (unpaired) electrons. The highest BCUT2D eigenvalue weighted by Gasteiger charge is 2.51. The van der Waals surface area contributed by atoms with Crippen molar-refractivity contribution in [3.63, 3.8) is 0 Å². The van der Waals surface area contributed by atoms with E-state index in [9.17, 15) is 5.11 Å². The maximum absolute atomic E-state index is 11.1. The van der Waals surface area contributed by atoms with Crippen molar-refractivity contribution in [1.82, 2.24) is 9.88 Å². The molecule has 6 heteroatoms. The van der Waals surface area contributed by atoms with E-state index >= 15 is 0 Å². The molecule has 6 nitrogen and oxygen atoms in total. The van der Waals surface area contributed by atoms with Gasteiger partial charge in [0.2, 0.25) is 0 Å². The molecule has 0 unspecified atom stereocenters. The Hall–Kier alpha value is -1.47. The van der Waals surface area contributed by atoms with E-state index in [0.29, 0.717) is 6.61 Å². The summed E-state index contributed by atoms with van der Waals surface area (Å²) in [5.41, 5.74) is 0.973. The summed E-state index contributed by atoms with van der Waals surface area (Å²) in [6.45, 7) is 6.18. The van der Waals surface area contributed by atoms with Crippen LogP contribution in [-0.4, -0.2) is 64.8 Å². The van der Waals surface area contributed by atoms with E-state index in [-0.39, 0.29) is 12.1 Å². The quantitative estimate of drug-likeness (QED) is 0.891. The minimum atomic E-state index is -0.640. The van der Waals surface area contributed by atoms with Crippen LogP contribution in [0.15, 0.2) is 30.3 Å². The summed E-state index contributed by atoms with van der Waals surface area (Å²) < 4.78 is 17.9. The Morgan fingerprint density at radius 1 is 1.27 bits per heavy atom. The summed E-state index contributed by atoms with van der Waals surface area (Å²) in [4.78, 5) is 6.52. The van der Waals surface area contributed by atoms with Gasteiger partial charge in [-0.05, 0) is 57.5 Å². The first-order valence-electron chi connectivity index (χ1n) is 9.56. The number of aliphatic hydroxyl groups excluding tert-OH is 1. The molecule has 3 saturated heterocycles. The van der Waals surface area contributed by atoms with Crippen molar-refractivity contribution in [2.75, 3.05) is 19.7 Å². The Labute approximate surface area is 154 Å². The molecule has 0 saturated carbocycles. The molecule has 0 bridgehead atoms. The van der Waals surface area contributed by atoms with Gasteiger partial charge < -0.3 is 19.3 Å². The molecule has 4 rings (SSSR count). The van der Waals surface area contributed by atoms with Gasteiger partial charge in [0.15, 0.2) is 11.9 Å². The van der Waals surface area contributed by atoms with Crippen molar-refractivity contribution < 1.29 is 19.3 Å².